The summed E-state index contributed by atoms with van der Waals surface area (Å²) in [5.74, 6) is -0.337. The highest BCUT2D eigenvalue weighted by Crippen LogP contribution is 2.31. The molecule has 1 amide bonds. The van der Waals surface area contributed by atoms with Gasteiger partial charge in [0.1, 0.15) is 11.4 Å². The van der Waals surface area contributed by atoms with E-state index in [1.807, 2.05) is 42.5 Å². The number of aromatic amines is 1. The number of aromatic nitrogens is 2. The fraction of sp³-hybridized carbons (Fsp3) is 0. The number of H-pyrrole nitrogens is 1. The Labute approximate surface area is 161 Å². The highest BCUT2D eigenvalue weighted by Gasteiger charge is 2.13. The van der Waals surface area contributed by atoms with Gasteiger partial charge in [-0.25, -0.2) is 4.98 Å². The molecule has 5 N–H and O–H groups in total. The smallest absolute Gasteiger partial charge is 0.249 e. The molecular formula is C22H18N4O2. The van der Waals surface area contributed by atoms with Gasteiger partial charge in [0.2, 0.25) is 5.91 Å². The molecule has 0 bridgehead atoms. The molecule has 2 aromatic heterocycles. The summed E-state index contributed by atoms with van der Waals surface area (Å²) in [7, 11) is 0. The molecule has 0 saturated heterocycles. The summed E-state index contributed by atoms with van der Waals surface area (Å²) in [5, 5.41) is 13.8. The molecule has 28 heavy (non-hydrogen) atoms. The van der Waals surface area contributed by atoms with Crippen molar-refractivity contribution in [1.29, 1.82) is 0 Å². The van der Waals surface area contributed by atoms with Crippen LogP contribution in [-0.2, 0) is 4.79 Å². The third-order valence-corrected chi connectivity index (χ3v) is 4.38. The molecule has 138 valence electrons. The van der Waals surface area contributed by atoms with E-state index in [9.17, 15) is 9.90 Å². The van der Waals surface area contributed by atoms with Crippen LogP contribution in [0.4, 0.5) is 11.4 Å². The third kappa shape index (κ3) is 3.43. The number of phenols is 1. The van der Waals surface area contributed by atoms with E-state index in [0.29, 0.717) is 11.2 Å². The van der Waals surface area contributed by atoms with Gasteiger partial charge >= 0.3 is 0 Å². The number of benzene rings is 2. The van der Waals surface area contributed by atoms with Gasteiger partial charge in [0.15, 0.2) is 0 Å². The molecule has 2 aromatic carbocycles. The standard InChI is InChI=1S/C22H18N4O2/c23-21(28)18(14-5-2-1-3-6-14)11-15-13-25-22-20(15)19(9-10-24-22)26-16-7-4-8-17(27)12-16/h1-13,27H,(H2,23,28)(H2,24,25,26). The first-order valence-electron chi connectivity index (χ1n) is 8.71. The molecule has 0 unspecified atom stereocenters. The second kappa shape index (κ2) is 7.28. The number of fused-ring (bicyclic) bond motifs is 1. The number of nitrogens with two attached hydrogens (primary N) is 1. The summed E-state index contributed by atoms with van der Waals surface area (Å²) in [5.41, 5.74) is 9.77. The molecule has 4 rings (SSSR count). The number of nitrogens with zero attached hydrogens (tertiary/aromatic N) is 1. The molecule has 0 saturated carbocycles. The Kier molecular flexibility index (Phi) is 4.51. The molecule has 2 heterocycles. The second-order valence-corrected chi connectivity index (χ2v) is 6.29. The number of hydrogen-bond donors (Lipinski definition) is 4. The van der Waals surface area contributed by atoms with Gasteiger partial charge in [-0.05, 0) is 29.8 Å². The lowest BCUT2D eigenvalue weighted by molar-refractivity contribution is -0.112. The Morgan fingerprint density at radius 1 is 1.11 bits per heavy atom. The summed E-state index contributed by atoms with van der Waals surface area (Å²) < 4.78 is 0. The van der Waals surface area contributed by atoms with Crippen LogP contribution in [0.3, 0.4) is 0 Å². The van der Waals surface area contributed by atoms with E-state index in [4.69, 9.17) is 5.73 Å². The maximum absolute atomic E-state index is 12.1. The minimum Gasteiger partial charge on any atom is -0.508 e. The number of carbonyl (C=O) groups excluding carboxylic acids is 1. The van der Waals surface area contributed by atoms with E-state index in [2.05, 4.69) is 15.3 Å². The number of primary amides is 1. The summed E-state index contributed by atoms with van der Waals surface area (Å²) in [6.07, 6.45) is 5.23. The van der Waals surface area contributed by atoms with Crippen molar-refractivity contribution in [3.8, 4) is 5.75 Å². The zero-order valence-corrected chi connectivity index (χ0v) is 14.9. The molecule has 0 spiro atoms. The van der Waals surface area contributed by atoms with E-state index < -0.39 is 5.91 Å². The highest BCUT2D eigenvalue weighted by atomic mass is 16.3. The van der Waals surface area contributed by atoms with Crippen LogP contribution in [-0.4, -0.2) is 21.0 Å². The van der Waals surface area contributed by atoms with Gasteiger partial charge in [-0.15, -0.1) is 0 Å². The molecule has 4 aromatic rings. The Balaban J connectivity index is 1.83. The van der Waals surface area contributed by atoms with Crippen LogP contribution in [0.2, 0.25) is 0 Å². The number of anilines is 2. The van der Waals surface area contributed by atoms with Crippen molar-refractivity contribution < 1.29 is 9.90 Å². The van der Waals surface area contributed by atoms with Crippen LogP contribution in [0.1, 0.15) is 11.1 Å². The predicted molar refractivity (Wildman–Crippen MR) is 111 cm³/mol. The average Bonchev–Trinajstić information content (AvgIpc) is 3.10. The largest absolute Gasteiger partial charge is 0.508 e. The molecular weight excluding hydrogens is 352 g/mol. The fourth-order valence-electron chi connectivity index (χ4n) is 3.11. The Morgan fingerprint density at radius 2 is 1.93 bits per heavy atom. The molecule has 0 aliphatic heterocycles. The Morgan fingerprint density at radius 3 is 2.68 bits per heavy atom. The molecule has 0 aliphatic carbocycles. The van der Waals surface area contributed by atoms with Gasteiger partial charge < -0.3 is 21.1 Å². The Hall–Kier alpha value is -4.06. The maximum atomic E-state index is 12.1. The first-order chi connectivity index (χ1) is 13.6. The summed E-state index contributed by atoms with van der Waals surface area (Å²) >= 11 is 0. The van der Waals surface area contributed by atoms with Crippen LogP contribution >= 0.6 is 0 Å². The molecule has 0 radical (unpaired) electrons. The quantitative estimate of drug-likeness (QED) is 0.398. The number of phenolic OH excluding ortho intramolecular Hbond substituents is 1. The maximum Gasteiger partial charge on any atom is 0.249 e. The number of rotatable bonds is 5. The number of amides is 1. The van der Waals surface area contributed by atoms with Crippen molar-refractivity contribution >= 4 is 40.0 Å². The van der Waals surface area contributed by atoms with Crippen molar-refractivity contribution in [1.82, 2.24) is 9.97 Å². The van der Waals surface area contributed by atoms with Crippen molar-refractivity contribution in [3.05, 3.63) is 84.2 Å². The summed E-state index contributed by atoms with van der Waals surface area (Å²) in [6.45, 7) is 0. The average molecular weight is 370 g/mol. The zero-order valence-electron chi connectivity index (χ0n) is 14.9. The van der Waals surface area contributed by atoms with E-state index in [1.165, 1.54) is 0 Å². The van der Waals surface area contributed by atoms with Gasteiger partial charge in [-0.2, -0.15) is 0 Å². The SMILES string of the molecule is NC(=O)C(=Cc1c[nH]c2nccc(Nc3cccc(O)c3)c12)c1ccccc1. The number of carbonyl (C=O) groups is 1. The van der Waals surface area contributed by atoms with Gasteiger partial charge in [0.25, 0.3) is 0 Å². The summed E-state index contributed by atoms with van der Waals surface area (Å²) in [6, 6.07) is 18.0. The number of nitrogens with one attached hydrogen (secondary N) is 2. The predicted octanol–water partition coefficient (Wildman–Crippen LogP) is 4.04. The second-order valence-electron chi connectivity index (χ2n) is 6.29. The monoisotopic (exact) mass is 370 g/mol. The van der Waals surface area contributed by atoms with Gasteiger partial charge in [-0.3, -0.25) is 4.79 Å². The first kappa shape index (κ1) is 17.4. The first-order valence-corrected chi connectivity index (χ1v) is 8.71. The van der Waals surface area contributed by atoms with Crippen molar-refractivity contribution in [3.63, 3.8) is 0 Å². The lowest BCUT2D eigenvalue weighted by Crippen LogP contribution is -2.12. The molecule has 0 aliphatic rings. The van der Waals surface area contributed by atoms with Crippen molar-refractivity contribution in [2.24, 2.45) is 5.73 Å². The van der Waals surface area contributed by atoms with Crippen LogP contribution in [0.5, 0.6) is 5.75 Å². The van der Waals surface area contributed by atoms with Crippen LogP contribution < -0.4 is 11.1 Å². The van der Waals surface area contributed by atoms with E-state index in [1.54, 1.807) is 36.7 Å². The third-order valence-electron chi connectivity index (χ3n) is 4.38. The molecule has 0 fully saturated rings. The topological polar surface area (TPSA) is 104 Å². The fourth-order valence-corrected chi connectivity index (χ4v) is 3.11. The number of aromatic hydroxyl groups is 1. The van der Waals surface area contributed by atoms with E-state index in [-0.39, 0.29) is 5.75 Å². The summed E-state index contributed by atoms with van der Waals surface area (Å²) in [4.78, 5) is 19.5. The van der Waals surface area contributed by atoms with Crippen LogP contribution in [0.25, 0.3) is 22.7 Å². The highest BCUT2D eigenvalue weighted by molar-refractivity contribution is 6.24. The number of hydrogen-bond acceptors (Lipinski definition) is 4. The number of pyridine rings is 1. The van der Waals surface area contributed by atoms with Crippen LogP contribution in [0.15, 0.2) is 73.1 Å². The van der Waals surface area contributed by atoms with Crippen LogP contribution in [0, 0.1) is 0 Å². The van der Waals surface area contributed by atoms with Gasteiger partial charge in [0, 0.05) is 40.7 Å². The lowest BCUT2D eigenvalue weighted by atomic mass is 10.0. The lowest BCUT2D eigenvalue weighted by Gasteiger charge is -2.09. The van der Waals surface area contributed by atoms with Crippen molar-refractivity contribution in [2.75, 3.05) is 5.32 Å². The molecule has 0 atom stereocenters. The van der Waals surface area contributed by atoms with E-state index in [0.717, 1.165) is 27.9 Å². The normalized spacial score (nSPS) is 11.5. The Bertz CT molecular complexity index is 1180. The molecule has 6 heteroatoms. The van der Waals surface area contributed by atoms with Gasteiger partial charge in [-0.1, -0.05) is 36.4 Å². The van der Waals surface area contributed by atoms with Crippen molar-refractivity contribution in [2.45, 2.75) is 0 Å². The van der Waals surface area contributed by atoms with Gasteiger partial charge in [0.05, 0.1) is 5.69 Å². The minimum absolute atomic E-state index is 0.171. The zero-order chi connectivity index (χ0) is 19.5. The minimum atomic E-state index is -0.507. The molecule has 6 nitrogen and oxygen atoms in total. The van der Waals surface area contributed by atoms with E-state index >= 15 is 0 Å².